The first-order chi connectivity index (χ1) is 8.33. The molecule has 0 radical (unpaired) electrons. The molecule has 0 aromatic carbocycles. The third-order valence-electron chi connectivity index (χ3n) is 2.51. The Bertz CT molecular complexity index is 439. The topological polar surface area (TPSA) is 34.2 Å². The molecule has 92 valence electrons. The van der Waals surface area contributed by atoms with Gasteiger partial charge in [0.1, 0.15) is 5.75 Å². The van der Waals surface area contributed by atoms with Crippen molar-refractivity contribution in [1.29, 1.82) is 0 Å². The van der Waals surface area contributed by atoms with Gasteiger partial charge in [0.2, 0.25) is 0 Å². The Morgan fingerprint density at radius 1 is 1.47 bits per heavy atom. The quantitative estimate of drug-likeness (QED) is 0.874. The number of hydrogen-bond donors (Lipinski definition) is 1. The van der Waals surface area contributed by atoms with Gasteiger partial charge in [0.05, 0.1) is 12.6 Å². The summed E-state index contributed by atoms with van der Waals surface area (Å²) in [6, 6.07) is 2.47. The van der Waals surface area contributed by atoms with Gasteiger partial charge in [-0.25, -0.2) is 0 Å². The molecule has 2 heterocycles. The van der Waals surface area contributed by atoms with Crippen molar-refractivity contribution in [3.63, 3.8) is 0 Å². The fraction of sp³-hybridized carbons (Fsp3) is 0.417. The summed E-state index contributed by atoms with van der Waals surface area (Å²) in [5.41, 5.74) is 1.88. The zero-order valence-corrected chi connectivity index (χ0v) is 11.6. The lowest BCUT2D eigenvalue weighted by atomic mass is 10.1. The monoisotopic (exact) mass is 268 g/mol. The summed E-state index contributed by atoms with van der Waals surface area (Å²) in [5.74, 6) is 0.942. The molecule has 0 aliphatic heterocycles. The fourth-order valence-corrected chi connectivity index (χ4v) is 3.26. The Labute approximate surface area is 109 Å². The highest BCUT2D eigenvalue weighted by atomic mass is 32.1. The van der Waals surface area contributed by atoms with E-state index in [0.29, 0.717) is 6.04 Å². The summed E-state index contributed by atoms with van der Waals surface area (Å²) in [4.78, 5) is 6.75. The van der Waals surface area contributed by atoms with Crippen LogP contribution in [0.2, 0.25) is 0 Å². The first kappa shape index (κ1) is 12.5. The van der Waals surface area contributed by atoms with E-state index in [1.165, 1.54) is 9.75 Å². The molecule has 1 atom stereocenters. The van der Waals surface area contributed by atoms with Crippen molar-refractivity contribution in [2.24, 2.45) is 0 Å². The molecule has 0 bridgehead atoms. The first-order valence-electron chi connectivity index (χ1n) is 5.56. The van der Waals surface area contributed by atoms with E-state index in [4.69, 9.17) is 4.74 Å². The largest absolute Gasteiger partial charge is 0.496 e. The lowest BCUT2D eigenvalue weighted by Crippen LogP contribution is -2.21. The molecule has 2 rings (SSSR count). The smallest absolute Gasteiger partial charge is 0.129 e. The molecule has 0 saturated carbocycles. The van der Waals surface area contributed by atoms with Crippen molar-refractivity contribution in [2.45, 2.75) is 19.4 Å². The summed E-state index contributed by atoms with van der Waals surface area (Å²) in [7, 11) is 1.71. The number of thiophene rings is 1. The van der Waals surface area contributed by atoms with Crippen LogP contribution in [0.3, 0.4) is 0 Å². The highest BCUT2D eigenvalue weighted by Gasteiger charge is 2.14. The van der Waals surface area contributed by atoms with Crippen LogP contribution < -0.4 is 10.1 Å². The maximum Gasteiger partial charge on any atom is 0.129 e. The van der Waals surface area contributed by atoms with Crippen molar-refractivity contribution in [1.82, 2.24) is 10.3 Å². The van der Waals surface area contributed by atoms with Crippen LogP contribution in [-0.2, 0) is 6.42 Å². The number of methoxy groups -OCH3 is 1. The lowest BCUT2D eigenvalue weighted by molar-refractivity contribution is 0.415. The van der Waals surface area contributed by atoms with Gasteiger partial charge >= 0.3 is 0 Å². The number of ether oxygens (including phenoxy) is 1. The Hall–Kier alpha value is -0.910. The molecule has 1 N–H and O–H groups in total. The second-order valence-electron chi connectivity index (χ2n) is 3.67. The SMILES string of the molecule is CCNC(Cc1cncs1)c1cc(OC)cs1. The van der Waals surface area contributed by atoms with Crippen molar-refractivity contribution < 1.29 is 4.74 Å². The van der Waals surface area contributed by atoms with Crippen LogP contribution in [0.25, 0.3) is 0 Å². The van der Waals surface area contributed by atoms with Gasteiger partial charge in [-0.15, -0.1) is 22.7 Å². The summed E-state index contributed by atoms with van der Waals surface area (Å²) in [6.45, 7) is 3.09. The molecule has 0 aliphatic rings. The highest BCUT2D eigenvalue weighted by molar-refractivity contribution is 7.10. The van der Waals surface area contributed by atoms with Gasteiger partial charge in [0.25, 0.3) is 0 Å². The lowest BCUT2D eigenvalue weighted by Gasteiger charge is -2.14. The zero-order valence-electron chi connectivity index (χ0n) is 9.97. The van der Waals surface area contributed by atoms with Gasteiger partial charge in [0, 0.05) is 33.8 Å². The zero-order chi connectivity index (χ0) is 12.1. The van der Waals surface area contributed by atoms with Crippen LogP contribution in [0.15, 0.2) is 23.2 Å². The third kappa shape index (κ3) is 3.28. The number of nitrogens with one attached hydrogen (secondary N) is 1. The molecule has 0 aliphatic carbocycles. The van der Waals surface area contributed by atoms with Crippen LogP contribution in [0.5, 0.6) is 5.75 Å². The number of rotatable bonds is 6. The molecule has 1 unspecified atom stereocenters. The molecule has 2 aromatic rings. The van der Waals surface area contributed by atoms with E-state index in [-0.39, 0.29) is 0 Å². The van der Waals surface area contributed by atoms with Crippen molar-refractivity contribution >= 4 is 22.7 Å². The Morgan fingerprint density at radius 2 is 2.35 bits per heavy atom. The maximum absolute atomic E-state index is 5.23. The van der Waals surface area contributed by atoms with E-state index in [0.717, 1.165) is 18.7 Å². The van der Waals surface area contributed by atoms with Crippen LogP contribution >= 0.6 is 22.7 Å². The maximum atomic E-state index is 5.23. The van der Waals surface area contributed by atoms with E-state index < -0.39 is 0 Å². The summed E-state index contributed by atoms with van der Waals surface area (Å²) >= 11 is 3.45. The van der Waals surface area contributed by atoms with Crippen molar-refractivity contribution in [2.75, 3.05) is 13.7 Å². The van der Waals surface area contributed by atoms with Crippen LogP contribution in [0.4, 0.5) is 0 Å². The normalized spacial score (nSPS) is 12.6. The van der Waals surface area contributed by atoms with E-state index in [2.05, 4.69) is 23.3 Å². The third-order valence-corrected chi connectivity index (χ3v) is 4.34. The van der Waals surface area contributed by atoms with Crippen LogP contribution in [0, 0.1) is 0 Å². The standard InChI is InChI=1S/C12H16N2OS2/c1-3-14-11(5-10-6-13-8-17-10)12-4-9(15-2)7-16-12/h4,6-8,11,14H,3,5H2,1-2H3. The first-order valence-corrected chi connectivity index (χ1v) is 7.32. The molecule has 5 heteroatoms. The fourth-order valence-electron chi connectivity index (χ4n) is 1.69. The molecule has 0 saturated heterocycles. The molecule has 2 aromatic heterocycles. The predicted octanol–water partition coefficient (Wildman–Crippen LogP) is 3.11. The van der Waals surface area contributed by atoms with Gasteiger partial charge in [-0.05, 0) is 12.6 Å². The molecule has 0 spiro atoms. The van der Waals surface area contributed by atoms with Gasteiger partial charge < -0.3 is 10.1 Å². The van der Waals surface area contributed by atoms with Gasteiger partial charge in [0.15, 0.2) is 0 Å². The molecule has 0 fully saturated rings. The van der Waals surface area contributed by atoms with E-state index >= 15 is 0 Å². The number of likely N-dealkylation sites (N-methyl/N-ethyl adjacent to an activating group) is 1. The average molecular weight is 268 g/mol. The number of aromatic nitrogens is 1. The molecule has 17 heavy (non-hydrogen) atoms. The molecule has 3 nitrogen and oxygen atoms in total. The predicted molar refractivity (Wildman–Crippen MR) is 73.1 cm³/mol. The molecule has 0 amide bonds. The summed E-state index contributed by atoms with van der Waals surface area (Å²) in [5, 5.41) is 5.56. The average Bonchev–Trinajstić information content (AvgIpc) is 2.99. The minimum absolute atomic E-state index is 0.356. The molecular formula is C12H16N2OS2. The van der Waals surface area contributed by atoms with Gasteiger partial charge in [-0.2, -0.15) is 0 Å². The number of thiazole rings is 1. The summed E-state index contributed by atoms with van der Waals surface area (Å²) < 4.78 is 5.23. The van der Waals surface area contributed by atoms with E-state index in [1.54, 1.807) is 29.8 Å². The van der Waals surface area contributed by atoms with E-state index in [1.807, 2.05) is 17.1 Å². The van der Waals surface area contributed by atoms with Gasteiger partial charge in [-0.1, -0.05) is 6.92 Å². The number of nitrogens with zero attached hydrogens (tertiary/aromatic N) is 1. The minimum Gasteiger partial charge on any atom is -0.496 e. The Morgan fingerprint density at radius 3 is 2.94 bits per heavy atom. The minimum atomic E-state index is 0.356. The van der Waals surface area contributed by atoms with Crippen molar-refractivity contribution in [3.8, 4) is 5.75 Å². The second-order valence-corrected chi connectivity index (χ2v) is 5.58. The summed E-state index contributed by atoms with van der Waals surface area (Å²) in [6.07, 6.45) is 2.93. The Kier molecular flexibility index (Phi) is 4.53. The van der Waals surface area contributed by atoms with Gasteiger partial charge in [-0.3, -0.25) is 4.98 Å². The van der Waals surface area contributed by atoms with Crippen LogP contribution in [-0.4, -0.2) is 18.6 Å². The molecular weight excluding hydrogens is 252 g/mol. The number of hydrogen-bond acceptors (Lipinski definition) is 5. The van der Waals surface area contributed by atoms with Crippen molar-refractivity contribution in [3.05, 3.63) is 32.9 Å². The van der Waals surface area contributed by atoms with E-state index in [9.17, 15) is 0 Å². The van der Waals surface area contributed by atoms with Crippen LogP contribution in [0.1, 0.15) is 22.7 Å². The Balaban J connectivity index is 2.10. The highest BCUT2D eigenvalue weighted by Crippen LogP contribution is 2.29. The second kappa shape index (κ2) is 6.14.